The largest absolute Gasteiger partial charge is 0.493 e. The number of nitrogens with one attached hydrogen (secondary N) is 1. The topological polar surface area (TPSA) is 68.7 Å². The van der Waals surface area contributed by atoms with Crippen LogP contribution in [0.15, 0.2) is 36.7 Å². The molecule has 0 unspecified atom stereocenters. The lowest BCUT2D eigenvalue weighted by atomic mass is 10.2. The van der Waals surface area contributed by atoms with Gasteiger partial charge in [0.2, 0.25) is 0 Å². The lowest BCUT2D eigenvalue weighted by Gasteiger charge is -2.26. The molecule has 0 saturated carbocycles. The van der Waals surface area contributed by atoms with Gasteiger partial charge in [0.1, 0.15) is 18.0 Å². The van der Waals surface area contributed by atoms with E-state index in [9.17, 15) is 4.39 Å². The molecule has 1 aromatic heterocycles. The molecule has 3 aromatic rings. The molecular formula is C22H25Cl2FN4O3. The third-order valence-electron chi connectivity index (χ3n) is 5.08. The van der Waals surface area contributed by atoms with Gasteiger partial charge in [0.05, 0.1) is 38.1 Å². The monoisotopic (exact) mass is 482 g/mol. The number of nitrogens with zero attached hydrogens (tertiary/aromatic N) is 3. The molecule has 0 bridgehead atoms. The van der Waals surface area contributed by atoms with Gasteiger partial charge in [-0.1, -0.05) is 11.6 Å². The summed E-state index contributed by atoms with van der Waals surface area (Å²) in [5.41, 5.74) is 0.933. The predicted octanol–water partition coefficient (Wildman–Crippen LogP) is 4.70. The van der Waals surface area contributed by atoms with Gasteiger partial charge in [0, 0.05) is 36.1 Å². The second-order valence-corrected chi connectivity index (χ2v) is 7.58. The van der Waals surface area contributed by atoms with Crippen molar-refractivity contribution in [2.45, 2.75) is 6.42 Å². The number of morpholine rings is 1. The van der Waals surface area contributed by atoms with Gasteiger partial charge in [0.25, 0.3) is 0 Å². The number of hydrogen-bond donors (Lipinski definition) is 1. The fourth-order valence-electron chi connectivity index (χ4n) is 3.45. The van der Waals surface area contributed by atoms with Gasteiger partial charge in [-0.25, -0.2) is 14.4 Å². The van der Waals surface area contributed by atoms with E-state index in [0.29, 0.717) is 39.8 Å². The van der Waals surface area contributed by atoms with Gasteiger partial charge in [-0.15, -0.1) is 12.4 Å². The lowest BCUT2D eigenvalue weighted by molar-refractivity contribution is 0.0357. The van der Waals surface area contributed by atoms with E-state index in [4.69, 9.17) is 25.8 Å². The van der Waals surface area contributed by atoms with Gasteiger partial charge in [-0.05, 0) is 30.7 Å². The molecule has 1 fully saturated rings. The molecule has 7 nitrogen and oxygen atoms in total. The minimum atomic E-state index is -0.466. The Kier molecular flexibility index (Phi) is 8.69. The maximum Gasteiger partial charge on any atom is 0.163 e. The highest BCUT2D eigenvalue weighted by atomic mass is 35.5. The van der Waals surface area contributed by atoms with Crippen molar-refractivity contribution in [2.24, 2.45) is 0 Å². The average molecular weight is 483 g/mol. The molecular weight excluding hydrogens is 458 g/mol. The molecule has 1 aliphatic rings. The predicted molar refractivity (Wildman–Crippen MR) is 125 cm³/mol. The maximum atomic E-state index is 14.2. The van der Waals surface area contributed by atoms with Crippen LogP contribution in [0, 0.1) is 5.82 Å². The number of ether oxygens (including phenoxy) is 3. The minimum Gasteiger partial charge on any atom is -0.493 e. The van der Waals surface area contributed by atoms with Crippen LogP contribution in [-0.2, 0) is 4.74 Å². The Morgan fingerprint density at radius 2 is 1.97 bits per heavy atom. The van der Waals surface area contributed by atoms with Crippen molar-refractivity contribution in [3.05, 3.63) is 47.5 Å². The Bertz CT molecular complexity index is 1050. The van der Waals surface area contributed by atoms with Crippen LogP contribution in [0.3, 0.4) is 0 Å². The molecule has 2 heterocycles. The van der Waals surface area contributed by atoms with E-state index >= 15 is 0 Å². The summed E-state index contributed by atoms with van der Waals surface area (Å²) < 4.78 is 31.1. The number of fused-ring (bicyclic) bond motifs is 1. The molecule has 0 radical (unpaired) electrons. The van der Waals surface area contributed by atoms with E-state index in [-0.39, 0.29) is 18.1 Å². The van der Waals surface area contributed by atoms with E-state index in [2.05, 4.69) is 20.2 Å². The summed E-state index contributed by atoms with van der Waals surface area (Å²) in [7, 11) is 1.58. The van der Waals surface area contributed by atoms with Gasteiger partial charge in [-0.3, -0.25) is 4.90 Å². The SMILES string of the molecule is COc1cc2c(Nc3ccc(Cl)cc3F)ncnc2cc1OCCCN1CCOCC1.Cl. The van der Waals surface area contributed by atoms with Gasteiger partial charge in [0.15, 0.2) is 11.5 Å². The van der Waals surface area contributed by atoms with Crippen LogP contribution in [0.5, 0.6) is 11.5 Å². The first-order valence-corrected chi connectivity index (χ1v) is 10.5. The third kappa shape index (κ3) is 5.89. The van der Waals surface area contributed by atoms with Crippen LogP contribution in [0.4, 0.5) is 15.9 Å². The van der Waals surface area contributed by atoms with Crippen molar-refractivity contribution in [3.63, 3.8) is 0 Å². The molecule has 1 saturated heterocycles. The third-order valence-corrected chi connectivity index (χ3v) is 5.32. The summed E-state index contributed by atoms with van der Waals surface area (Å²) in [6, 6.07) is 8.03. The van der Waals surface area contributed by atoms with Gasteiger partial charge in [-0.2, -0.15) is 0 Å². The van der Waals surface area contributed by atoms with E-state index in [1.165, 1.54) is 12.4 Å². The van der Waals surface area contributed by atoms with Gasteiger partial charge < -0.3 is 19.5 Å². The molecule has 10 heteroatoms. The Balaban J connectivity index is 0.00000289. The van der Waals surface area contributed by atoms with Crippen molar-refractivity contribution >= 4 is 46.4 Å². The molecule has 0 atom stereocenters. The molecule has 1 aliphatic heterocycles. The van der Waals surface area contributed by atoms with E-state index < -0.39 is 5.82 Å². The molecule has 32 heavy (non-hydrogen) atoms. The number of halogens is 3. The first-order chi connectivity index (χ1) is 15.1. The zero-order chi connectivity index (χ0) is 21.6. The Morgan fingerprint density at radius 1 is 1.16 bits per heavy atom. The van der Waals surface area contributed by atoms with Crippen LogP contribution in [0.25, 0.3) is 10.9 Å². The quantitative estimate of drug-likeness (QED) is 0.466. The molecule has 172 valence electrons. The lowest BCUT2D eigenvalue weighted by Crippen LogP contribution is -2.37. The number of anilines is 2. The van der Waals surface area contributed by atoms with Crippen molar-refractivity contribution in [2.75, 3.05) is 51.9 Å². The molecule has 0 aliphatic carbocycles. The van der Waals surface area contributed by atoms with Crippen molar-refractivity contribution in [1.29, 1.82) is 0 Å². The standard InChI is InChI=1S/C22H24ClFN4O3.ClH/c1-29-20-12-16-19(13-21(20)31-8-2-5-28-6-9-30-10-7-28)25-14-26-22(16)27-18-4-3-15(23)11-17(18)24;/h3-4,11-14H,2,5-10H2,1H3,(H,25,26,27);1H. The van der Waals surface area contributed by atoms with E-state index in [0.717, 1.165) is 39.3 Å². The average Bonchev–Trinajstić information content (AvgIpc) is 2.79. The summed E-state index contributed by atoms with van der Waals surface area (Å²) in [6.45, 7) is 5.01. The highest BCUT2D eigenvalue weighted by Gasteiger charge is 2.14. The number of aromatic nitrogens is 2. The Morgan fingerprint density at radius 3 is 2.72 bits per heavy atom. The zero-order valence-corrected chi connectivity index (χ0v) is 19.2. The van der Waals surface area contributed by atoms with Gasteiger partial charge >= 0.3 is 0 Å². The summed E-state index contributed by atoms with van der Waals surface area (Å²) in [4.78, 5) is 11.0. The summed E-state index contributed by atoms with van der Waals surface area (Å²) in [6.07, 6.45) is 2.32. The highest BCUT2D eigenvalue weighted by molar-refractivity contribution is 6.30. The molecule has 4 rings (SSSR count). The Hall–Kier alpha value is -2.39. The fraction of sp³-hybridized carbons (Fsp3) is 0.364. The van der Waals surface area contributed by atoms with Crippen LogP contribution in [0.1, 0.15) is 6.42 Å². The van der Waals surface area contributed by atoms with Crippen molar-refractivity contribution in [3.8, 4) is 11.5 Å². The van der Waals surface area contributed by atoms with Crippen LogP contribution < -0.4 is 14.8 Å². The summed E-state index contributed by atoms with van der Waals surface area (Å²) >= 11 is 5.84. The number of rotatable bonds is 8. The summed E-state index contributed by atoms with van der Waals surface area (Å²) in [5, 5.41) is 4.02. The molecule has 0 spiro atoms. The van der Waals surface area contributed by atoms with Crippen LogP contribution in [-0.4, -0.2) is 61.4 Å². The normalized spacial score (nSPS) is 14.1. The molecule has 2 aromatic carbocycles. The maximum absolute atomic E-state index is 14.2. The van der Waals surface area contributed by atoms with Crippen molar-refractivity contribution in [1.82, 2.24) is 14.9 Å². The highest BCUT2D eigenvalue weighted by Crippen LogP contribution is 2.35. The summed E-state index contributed by atoms with van der Waals surface area (Å²) in [5.74, 6) is 1.17. The first kappa shape index (κ1) is 24.3. The van der Waals surface area contributed by atoms with Crippen molar-refractivity contribution < 1.29 is 18.6 Å². The first-order valence-electron chi connectivity index (χ1n) is 10.1. The second-order valence-electron chi connectivity index (χ2n) is 7.15. The molecule has 1 N–H and O–H groups in total. The van der Waals surface area contributed by atoms with Crippen LogP contribution in [0.2, 0.25) is 5.02 Å². The zero-order valence-electron chi connectivity index (χ0n) is 17.6. The smallest absolute Gasteiger partial charge is 0.163 e. The molecule has 0 amide bonds. The number of hydrogen-bond acceptors (Lipinski definition) is 7. The minimum absolute atomic E-state index is 0. The van der Waals surface area contributed by atoms with E-state index in [1.54, 1.807) is 25.3 Å². The van der Waals surface area contributed by atoms with E-state index in [1.807, 2.05) is 6.07 Å². The second kappa shape index (κ2) is 11.5. The number of benzene rings is 2. The number of methoxy groups -OCH3 is 1. The Labute approximate surface area is 197 Å². The van der Waals surface area contributed by atoms with Crippen LogP contribution >= 0.6 is 24.0 Å². The fourth-order valence-corrected chi connectivity index (χ4v) is 3.61.